The van der Waals surface area contributed by atoms with E-state index in [1.165, 1.54) is 0 Å². The zero-order chi connectivity index (χ0) is 10.6. The Morgan fingerprint density at radius 1 is 1.43 bits per heavy atom. The molecule has 1 aliphatic rings. The van der Waals surface area contributed by atoms with Crippen LogP contribution in [-0.4, -0.2) is 31.4 Å². The Balaban J connectivity index is 2.41. The minimum Gasteiger partial charge on any atom is -0.392 e. The van der Waals surface area contributed by atoms with Crippen molar-refractivity contribution in [3.63, 3.8) is 0 Å². The Morgan fingerprint density at radius 2 is 2.00 bits per heavy atom. The van der Waals surface area contributed by atoms with E-state index in [1.54, 1.807) is 0 Å². The lowest BCUT2D eigenvalue weighted by molar-refractivity contribution is 0.174. The number of sulfonamides is 1. The normalized spacial score (nSPS) is 21.3. The molecule has 0 aliphatic heterocycles. The highest BCUT2D eigenvalue weighted by Gasteiger charge is 2.28. The largest absolute Gasteiger partial charge is 0.392 e. The van der Waals surface area contributed by atoms with Crippen molar-refractivity contribution in [2.75, 3.05) is 6.54 Å². The summed E-state index contributed by atoms with van der Waals surface area (Å²) in [4.78, 5) is 0. The summed E-state index contributed by atoms with van der Waals surface area (Å²) in [5.41, 5.74) is 0. The van der Waals surface area contributed by atoms with Crippen LogP contribution in [0.4, 0.5) is 0 Å². The molecule has 0 aromatic carbocycles. The fourth-order valence-electron chi connectivity index (χ4n) is 1.67. The molecule has 1 aliphatic carbocycles. The molecule has 0 aromatic rings. The van der Waals surface area contributed by atoms with Crippen molar-refractivity contribution in [1.82, 2.24) is 4.72 Å². The summed E-state index contributed by atoms with van der Waals surface area (Å²) >= 11 is 0. The summed E-state index contributed by atoms with van der Waals surface area (Å²) in [5.74, 6) is 0. The first-order valence-corrected chi connectivity index (χ1v) is 6.77. The number of aliphatic hydroxyl groups is 1. The summed E-state index contributed by atoms with van der Waals surface area (Å²) in [7, 11) is -3.18. The first-order valence-electron chi connectivity index (χ1n) is 5.23. The fraction of sp³-hybridized carbons (Fsp3) is 1.00. The third-order valence-corrected chi connectivity index (χ3v) is 4.65. The highest BCUT2D eigenvalue weighted by atomic mass is 32.2. The summed E-state index contributed by atoms with van der Waals surface area (Å²) in [5, 5.41) is 9.01. The molecule has 1 fully saturated rings. The SMILES string of the molecule is CCC(O)CNS(=O)(=O)C1CCCC1. The van der Waals surface area contributed by atoms with Crippen LogP contribution in [0.3, 0.4) is 0 Å². The fourth-order valence-corrected chi connectivity index (χ4v) is 3.29. The van der Waals surface area contributed by atoms with E-state index >= 15 is 0 Å². The van der Waals surface area contributed by atoms with Gasteiger partial charge in [-0.05, 0) is 19.3 Å². The van der Waals surface area contributed by atoms with Gasteiger partial charge in [0.1, 0.15) is 0 Å². The summed E-state index contributed by atoms with van der Waals surface area (Å²) in [6, 6.07) is 0. The second-order valence-corrected chi connectivity index (χ2v) is 5.91. The molecule has 5 heteroatoms. The smallest absolute Gasteiger partial charge is 0.214 e. The zero-order valence-electron chi connectivity index (χ0n) is 8.57. The standard InChI is InChI=1S/C9H19NO3S/c1-2-8(11)7-10-14(12,13)9-5-3-4-6-9/h8-11H,2-7H2,1H3. The van der Waals surface area contributed by atoms with Crippen LogP contribution in [0.2, 0.25) is 0 Å². The van der Waals surface area contributed by atoms with E-state index in [0.29, 0.717) is 6.42 Å². The van der Waals surface area contributed by atoms with E-state index in [0.717, 1.165) is 25.7 Å². The number of hydrogen-bond donors (Lipinski definition) is 2. The number of aliphatic hydroxyl groups excluding tert-OH is 1. The molecule has 0 saturated heterocycles. The van der Waals surface area contributed by atoms with Gasteiger partial charge in [-0.3, -0.25) is 0 Å². The van der Waals surface area contributed by atoms with E-state index in [9.17, 15) is 13.5 Å². The lowest BCUT2D eigenvalue weighted by atomic mass is 10.3. The van der Waals surface area contributed by atoms with Gasteiger partial charge in [-0.15, -0.1) is 0 Å². The highest BCUT2D eigenvalue weighted by molar-refractivity contribution is 7.90. The third-order valence-electron chi connectivity index (χ3n) is 2.73. The Bertz CT molecular complexity index is 257. The Labute approximate surface area is 85.8 Å². The maximum atomic E-state index is 11.6. The summed E-state index contributed by atoms with van der Waals surface area (Å²) in [6.07, 6.45) is 3.54. The molecule has 0 heterocycles. The van der Waals surface area contributed by atoms with Gasteiger partial charge in [0.2, 0.25) is 10.0 Å². The van der Waals surface area contributed by atoms with Crippen LogP contribution in [0, 0.1) is 0 Å². The molecular weight excluding hydrogens is 202 g/mol. The second kappa shape index (κ2) is 5.09. The molecule has 1 atom stereocenters. The predicted octanol–water partition coefficient (Wildman–Crippen LogP) is 0.619. The number of hydrogen-bond acceptors (Lipinski definition) is 3. The van der Waals surface area contributed by atoms with E-state index in [4.69, 9.17) is 0 Å². The van der Waals surface area contributed by atoms with Crippen LogP contribution in [0.5, 0.6) is 0 Å². The third kappa shape index (κ3) is 3.22. The first kappa shape index (κ1) is 11.9. The van der Waals surface area contributed by atoms with Crippen LogP contribution in [0.15, 0.2) is 0 Å². The van der Waals surface area contributed by atoms with Gasteiger partial charge in [0.15, 0.2) is 0 Å². The van der Waals surface area contributed by atoms with Crippen molar-refractivity contribution in [1.29, 1.82) is 0 Å². The molecule has 1 rings (SSSR count). The molecule has 0 aromatic heterocycles. The average molecular weight is 221 g/mol. The van der Waals surface area contributed by atoms with Crippen molar-refractivity contribution in [2.45, 2.75) is 50.4 Å². The van der Waals surface area contributed by atoms with E-state index in [1.807, 2.05) is 6.92 Å². The maximum Gasteiger partial charge on any atom is 0.214 e. The van der Waals surface area contributed by atoms with Gasteiger partial charge in [-0.25, -0.2) is 13.1 Å². The van der Waals surface area contributed by atoms with Crippen molar-refractivity contribution in [2.24, 2.45) is 0 Å². The van der Waals surface area contributed by atoms with Crippen LogP contribution in [0.1, 0.15) is 39.0 Å². The van der Waals surface area contributed by atoms with Gasteiger partial charge in [0.05, 0.1) is 11.4 Å². The Morgan fingerprint density at radius 3 is 2.50 bits per heavy atom. The van der Waals surface area contributed by atoms with Gasteiger partial charge >= 0.3 is 0 Å². The van der Waals surface area contributed by atoms with Gasteiger partial charge in [0, 0.05) is 6.54 Å². The molecular formula is C9H19NO3S. The number of rotatable bonds is 5. The molecule has 1 saturated carbocycles. The molecule has 14 heavy (non-hydrogen) atoms. The predicted molar refractivity (Wildman–Crippen MR) is 55.5 cm³/mol. The van der Waals surface area contributed by atoms with Crippen molar-refractivity contribution in [3.05, 3.63) is 0 Å². The highest BCUT2D eigenvalue weighted by Crippen LogP contribution is 2.23. The zero-order valence-corrected chi connectivity index (χ0v) is 9.39. The molecule has 0 bridgehead atoms. The maximum absolute atomic E-state index is 11.6. The van der Waals surface area contributed by atoms with Crippen molar-refractivity contribution in [3.8, 4) is 0 Å². The minimum absolute atomic E-state index is 0.148. The van der Waals surface area contributed by atoms with Crippen LogP contribution >= 0.6 is 0 Å². The van der Waals surface area contributed by atoms with E-state index < -0.39 is 16.1 Å². The van der Waals surface area contributed by atoms with Crippen LogP contribution in [0.25, 0.3) is 0 Å². The summed E-state index contributed by atoms with van der Waals surface area (Å²) < 4.78 is 25.7. The van der Waals surface area contributed by atoms with Crippen LogP contribution in [-0.2, 0) is 10.0 Å². The van der Waals surface area contributed by atoms with Crippen LogP contribution < -0.4 is 4.72 Å². The van der Waals surface area contributed by atoms with Gasteiger partial charge in [0.25, 0.3) is 0 Å². The van der Waals surface area contributed by atoms with E-state index in [-0.39, 0.29) is 11.8 Å². The number of nitrogens with one attached hydrogen (secondary N) is 1. The van der Waals surface area contributed by atoms with Gasteiger partial charge in [-0.1, -0.05) is 19.8 Å². The first-order chi connectivity index (χ1) is 6.56. The van der Waals surface area contributed by atoms with Gasteiger partial charge < -0.3 is 5.11 Å². The lowest BCUT2D eigenvalue weighted by Crippen LogP contribution is -2.37. The molecule has 1 unspecified atom stereocenters. The molecule has 0 spiro atoms. The monoisotopic (exact) mass is 221 g/mol. The lowest BCUT2D eigenvalue weighted by Gasteiger charge is -2.14. The van der Waals surface area contributed by atoms with E-state index in [2.05, 4.69) is 4.72 Å². The quantitative estimate of drug-likeness (QED) is 0.715. The molecule has 4 nitrogen and oxygen atoms in total. The van der Waals surface area contributed by atoms with Crippen molar-refractivity contribution >= 4 is 10.0 Å². The van der Waals surface area contributed by atoms with Crippen molar-refractivity contribution < 1.29 is 13.5 Å². The Kier molecular flexibility index (Phi) is 4.34. The molecule has 0 amide bonds. The summed E-state index contributed by atoms with van der Waals surface area (Å²) in [6.45, 7) is 1.98. The second-order valence-electron chi connectivity index (χ2n) is 3.86. The molecule has 84 valence electrons. The minimum atomic E-state index is -3.18. The average Bonchev–Trinajstić information content (AvgIpc) is 2.67. The van der Waals surface area contributed by atoms with Gasteiger partial charge in [-0.2, -0.15) is 0 Å². The molecule has 2 N–H and O–H groups in total. The Hall–Kier alpha value is -0.130. The topological polar surface area (TPSA) is 66.4 Å². The molecule has 0 radical (unpaired) electrons.